The van der Waals surface area contributed by atoms with Gasteiger partial charge in [0.05, 0.1) is 41.2 Å². The summed E-state index contributed by atoms with van der Waals surface area (Å²) in [6.07, 6.45) is -3.64. The molecule has 0 aromatic rings. The van der Waals surface area contributed by atoms with Gasteiger partial charge < -0.3 is 43.2 Å². The standard InChI is InChI=1S/C38H65NO10/c1-19-17-38(12)33(48-35-29(40)27(39(13)14)16-20(2)44-35)22(4)31(47-28-18-37(11,43-15)24(6)25(7)45-28)23(5)34(42)46-26(8)36(9,10)32(41)21(3)30(19)49-38/h20-29,31,33,35,40H,16-18H2,1-15H3/t20-,21+,22+,23-,24?,25+,26?,27?,28?,29?,31?,33?,35?,37-,38-/m1/s1. The summed E-state index contributed by atoms with van der Waals surface area (Å²) in [6.45, 7) is 23.1. The summed E-state index contributed by atoms with van der Waals surface area (Å²) < 4.78 is 45.5. The molecule has 15 atom stereocenters. The summed E-state index contributed by atoms with van der Waals surface area (Å²) in [4.78, 5) is 30.1. The van der Waals surface area contributed by atoms with Crippen molar-refractivity contribution in [3.05, 3.63) is 11.3 Å². The van der Waals surface area contributed by atoms with E-state index in [4.69, 9.17) is 33.2 Å². The fourth-order valence-electron chi connectivity index (χ4n) is 8.48. The van der Waals surface area contributed by atoms with E-state index in [-0.39, 0.29) is 30.0 Å². The maximum atomic E-state index is 14.1. The Morgan fingerprint density at radius 3 is 2.16 bits per heavy atom. The van der Waals surface area contributed by atoms with Gasteiger partial charge in [0, 0.05) is 37.8 Å². The van der Waals surface area contributed by atoms with Gasteiger partial charge in [-0.2, -0.15) is 0 Å². The Kier molecular flexibility index (Phi) is 12.1. The molecule has 4 aliphatic rings. The Bertz CT molecular complexity index is 1240. The van der Waals surface area contributed by atoms with Crippen LogP contribution in [-0.2, 0) is 42.7 Å². The number of esters is 1. The van der Waals surface area contributed by atoms with E-state index in [1.807, 2.05) is 74.4 Å². The van der Waals surface area contributed by atoms with E-state index >= 15 is 0 Å². The molecule has 0 spiro atoms. The molecule has 0 aromatic heterocycles. The highest BCUT2D eigenvalue weighted by Gasteiger charge is 2.55. The van der Waals surface area contributed by atoms with Gasteiger partial charge in [0.1, 0.15) is 29.7 Å². The highest BCUT2D eigenvalue weighted by atomic mass is 16.7. The smallest absolute Gasteiger partial charge is 0.311 e. The molecule has 4 heterocycles. The molecule has 282 valence electrons. The zero-order valence-electron chi connectivity index (χ0n) is 32.7. The number of Topliss-reactive ketones (excluding diaryl/α,β-unsaturated/α-hetero) is 1. The van der Waals surface area contributed by atoms with Crippen LogP contribution in [0.1, 0.15) is 102 Å². The Morgan fingerprint density at radius 1 is 0.939 bits per heavy atom. The van der Waals surface area contributed by atoms with Crippen LogP contribution < -0.4 is 0 Å². The number of ketones is 1. The molecule has 0 aliphatic carbocycles. The molecule has 4 aliphatic heterocycles. The van der Waals surface area contributed by atoms with Crippen LogP contribution in [0.4, 0.5) is 0 Å². The van der Waals surface area contributed by atoms with Gasteiger partial charge in [-0.25, -0.2) is 0 Å². The topological polar surface area (TPSA) is 122 Å². The molecule has 1 N–H and O–H groups in total. The second kappa shape index (κ2) is 14.8. The largest absolute Gasteiger partial charge is 0.488 e. The summed E-state index contributed by atoms with van der Waals surface area (Å²) in [7, 11) is 5.57. The second-order valence-electron chi connectivity index (χ2n) is 16.8. The molecule has 0 saturated carbocycles. The molecular formula is C38H65NO10. The normalized spacial score (nSPS) is 46.8. The van der Waals surface area contributed by atoms with E-state index in [2.05, 4.69) is 13.8 Å². The number of methoxy groups -OCH3 is 1. The zero-order chi connectivity index (χ0) is 37.0. The van der Waals surface area contributed by atoms with Crippen molar-refractivity contribution in [1.29, 1.82) is 0 Å². The first-order valence-electron chi connectivity index (χ1n) is 18.2. The van der Waals surface area contributed by atoms with Crippen molar-refractivity contribution in [2.45, 2.75) is 169 Å². The summed E-state index contributed by atoms with van der Waals surface area (Å²) in [5.41, 5.74) is -1.55. The predicted molar refractivity (Wildman–Crippen MR) is 184 cm³/mol. The summed E-state index contributed by atoms with van der Waals surface area (Å²) in [6, 6.07) is -0.195. The molecule has 2 bridgehead atoms. The fourth-order valence-corrected chi connectivity index (χ4v) is 8.48. The van der Waals surface area contributed by atoms with Gasteiger partial charge in [-0.15, -0.1) is 0 Å². The average Bonchev–Trinajstić information content (AvgIpc) is 3.34. The van der Waals surface area contributed by atoms with Crippen LogP contribution >= 0.6 is 0 Å². The van der Waals surface area contributed by atoms with E-state index in [9.17, 15) is 14.7 Å². The van der Waals surface area contributed by atoms with Gasteiger partial charge in [-0.3, -0.25) is 9.59 Å². The minimum Gasteiger partial charge on any atom is -0.488 e. The molecule has 3 fully saturated rings. The Hall–Kier alpha value is -1.60. The maximum Gasteiger partial charge on any atom is 0.311 e. The number of nitrogens with zero attached hydrogens (tertiary/aromatic N) is 1. The summed E-state index contributed by atoms with van der Waals surface area (Å²) in [5, 5.41) is 11.6. The van der Waals surface area contributed by atoms with Crippen molar-refractivity contribution in [3.63, 3.8) is 0 Å². The highest BCUT2D eigenvalue weighted by molar-refractivity contribution is 5.89. The van der Waals surface area contributed by atoms with Crippen LogP contribution in [0.15, 0.2) is 11.3 Å². The second-order valence-corrected chi connectivity index (χ2v) is 16.8. The van der Waals surface area contributed by atoms with Crippen molar-refractivity contribution in [3.8, 4) is 0 Å². The minimum absolute atomic E-state index is 0.0807. The van der Waals surface area contributed by atoms with Crippen LogP contribution in [-0.4, -0.2) is 109 Å². The molecular weight excluding hydrogens is 630 g/mol. The number of ether oxygens (including phenoxy) is 7. The van der Waals surface area contributed by atoms with Crippen molar-refractivity contribution in [2.24, 2.45) is 29.1 Å². The third-order valence-corrected chi connectivity index (χ3v) is 12.5. The van der Waals surface area contributed by atoms with Crippen LogP contribution in [0.5, 0.6) is 0 Å². The first-order chi connectivity index (χ1) is 22.6. The van der Waals surface area contributed by atoms with Gasteiger partial charge >= 0.3 is 5.97 Å². The van der Waals surface area contributed by atoms with Crippen LogP contribution in [0, 0.1) is 29.1 Å². The van der Waals surface area contributed by atoms with Gasteiger partial charge in [-0.1, -0.05) is 13.8 Å². The van der Waals surface area contributed by atoms with E-state index in [0.29, 0.717) is 25.0 Å². The van der Waals surface area contributed by atoms with E-state index in [0.717, 1.165) is 5.57 Å². The Labute approximate surface area is 294 Å². The lowest BCUT2D eigenvalue weighted by atomic mass is 9.76. The number of carbonyl (C=O) groups excluding carboxylic acids is 2. The van der Waals surface area contributed by atoms with Gasteiger partial charge in [0.2, 0.25) is 0 Å². The zero-order valence-corrected chi connectivity index (χ0v) is 32.7. The SMILES string of the molecule is CO[C@]1(C)CC(OC2[C@H](C)C(OC3O[C@H](C)CC(N(C)C)C3O)[C@@]3(C)CC(C)=C(O3)[C@H](C)C(=O)C(C)(C)C(C)OC(=O)[C@@H]2C)O[C@@H](C)C1C. The van der Waals surface area contributed by atoms with E-state index in [1.165, 1.54) is 0 Å². The Balaban J connectivity index is 1.83. The van der Waals surface area contributed by atoms with E-state index < -0.39 is 77.3 Å². The first-order valence-corrected chi connectivity index (χ1v) is 18.2. The number of cyclic esters (lactones) is 1. The number of hydrogen-bond donors (Lipinski definition) is 1. The van der Waals surface area contributed by atoms with Crippen molar-refractivity contribution >= 4 is 11.8 Å². The number of allylic oxidation sites excluding steroid dienone is 1. The highest BCUT2D eigenvalue weighted by Crippen LogP contribution is 2.47. The lowest BCUT2D eigenvalue weighted by Gasteiger charge is -2.49. The first kappa shape index (κ1) is 40.2. The van der Waals surface area contributed by atoms with Crippen LogP contribution in [0.2, 0.25) is 0 Å². The molecule has 3 saturated heterocycles. The Morgan fingerprint density at radius 2 is 1.57 bits per heavy atom. The number of likely N-dealkylation sites (N-methyl/N-ethyl adjacent to an activating group) is 1. The average molecular weight is 696 g/mol. The molecule has 49 heavy (non-hydrogen) atoms. The third-order valence-electron chi connectivity index (χ3n) is 12.5. The van der Waals surface area contributed by atoms with Crippen molar-refractivity contribution in [1.82, 2.24) is 4.90 Å². The lowest BCUT2D eigenvalue weighted by Crippen LogP contribution is -2.59. The van der Waals surface area contributed by atoms with E-state index in [1.54, 1.807) is 21.0 Å². The number of carbonyl (C=O) groups is 2. The maximum absolute atomic E-state index is 14.1. The predicted octanol–water partition coefficient (Wildman–Crippen LogP) is 5.26. The molecule has 0 amide bonds. The molecule has 11 nitrogen and oxygen atoms in total. The van der Waals surface area contributed by atoms with Gasteiger partial charge in [0.15, 0.2) is 18.4 Å². The summed E-state index contributed by atoms with van der Waals surface area (Å²) >= 11 is 0. The van der Waals surface area contributed by atoms with Crippen LogP contribution in [0.3, 0.4) is 0 Å². The fraction of sp³-hybridized carbons (Fsp3) is 0.895. The monoisotopic (exact) mass is 695 g/mol. The molecule has 0 radical (unpaired) electrons. The quantitative estimate of drug-likeness (QED) is 0.366. The number of hydrogen-bond acceptors (Lipinski definition) is 11. The molecule has 11 heteroatoms. The number of aliphatic hydroxyl groups excluding tert-OH is 1. The molecule has 8 unspecified atom stereocenters. The minimum atomic E-state index is -0.994. The van der Waals surface area contributed by atoms with Gasteiger partial charge in [0.25, 0.3) is 0 Å². The summed E-state index contributed by atoms with van der Waals surface area (Å²) in [5.74, 6) is -1.74. The van der Waals surface area contributed by atoms with Crippen molar-refractivity contribution in [2.75, 3.05) is 21.2 Å². The lowest BCUT2D eigenvalue weighted by molar-refractivity contribution is -0.312. The number of aliphatic hydroxyl groups is 1. The third kappa shape index (κ3) is 7.78. The number of fused-ring (bicyclic) bond motifs is 2. The molecule has 0 aromatic carbocycles. The molecule has 4 rings (SSSR count). The number of rotatable bonds is 6. The van der Waals surface area contributed by atoms with Crippen molar-refractivity contribution < 1.29 is 47.9 Å². The van der Waals surface area contributed by atoms with Crippen LogP contribution in [0.25, 0.3) is 0 Å². The van der Waals surface area contributed by atoms with Gasteiger partial charge in [-0.05, 0) is 95.3 Å².